The standard InChI is InChI=1S/C21H32O6/c1-5-6-7-8-9-10-11-12-15(21(24)25)13-16-14(2)17(22)19(26-3)20(27-4)18(16)23/h15H,5-13H2,1-4H3,(H,24,25). The van der Waals surface area contributed by atoms with Gasteiger partial charge >= 0.3 is 5.97 Å². The first-order valence-electron chi connectivity index (χ1n) is 9.73. The Morgan fingerprint density at radius 3 is 1.96 bits per heavy atom. The molecule has 0 saturated carbocycles. The molecule has 152 valence electrons. The van der Waals surface area contributed by atoms with Gasteiger partial charge in [-0.2, -0.15) is 0 Å². The average molecular weight is 380 g/mol. The number of Topliss-reactive ketones (excluding diaryl/α,β-unsaturated/α-hetero) is 2. The molecule has 1 aliphatic rings. The van der Waals surface area contributed by atoms with Crippen molar-refractivity contribution in [2.24, 2.45) is 5.92 Å². The van der Waals surface area contributed by atoms with E-state index in [0.717, 1.165) is 19.3 Å². The summed E-state index contributed by atoms with van der Waals surface area (Å²) in [6.45, 7) is 3.71. The highest BCUT2D eigenvalue weighted by Crippen LogP contribution is 2.31. The van der Waals surface area contributed by atoms with E-state index in [9.17, 15) is 19.5 Å². The molecule has 0 aliphatic heterocycles. The van der Waals surface area contributed by atoms with Crippen LogP contribution in [0.5, 0.6) is 0 Å². The normalized spacial score (nSPS) is 16.0. The number of carbonyl (C=O) groups is 3. The lowest BCUT2D eigenvalue weighted by Crippen LogP contribution is -2.27. The zero-order valence-electron chi connectivity index (χ0n) is 16.9. The van der Waals surface area contributed by atoms with Crippen molar-refractivity contribution in [3.8, 4) is 0 Å². The third-order valence-corrected chi connectivity index (χ3v) is 5.05. The number of methoxy groups -OCH3 is 2. The Kier molecular flexibility index (Phi) is 9.83. The molecule has 0 bridgehead atoms. The maximum Gasteiger partial charge on any atom is 0.306 e. The van der Waals surface area contributed by atoms with Gasteiger partial charge in [0, 0.05) is 11.1 Å². The van der Waals surface area contributed by atoms with Gasteiger partial charge in [0.05, 0.1) is 20.1 Å². The first kappa shape index (κ1) is 22.9. The van der Waals surface area contributed by atoms with E-state index in [4.69, 9.17) is 9.47 Å². The second-order valence-corrected chi connectivity index (χ2v) is 6.98. The lowest BCUT2D eigenvalue weighted by Gasteiger charge is -2.22. The number of carboxylic acids is 1. The fourth-order valence-corrected chi connectivity index (χ4v) is 3.34. The number of aliphatic carboxylic acids is 1. The number of unbranched alkanes of at least 4 members (excludes halogenated alkanes) is 6. The smallest absolute Gasteiger partial charge is 0.306 e. The molecule has 1 unspecified atom stereocenters. The monoisotopic (exact) mass is 380 g/mol. The third-order valence-electron chi connectivity index (χ3n) is 5.05. The van der Waals surface area contributed by atoms with Gasteiger partial charge < -0.3 is 14.6 Å². The number of ketones is 2. The fourth-order valence-electron chi connectivity index (χ4n) is 3.34. The van der Waals surface area contributed by atoms with Crippen molar-refractivity contribution in [2.45, 2.75) is 71.6 Å². The summed E-state index contributed by atoms with van der Waals surface area (Å²) in [7, 11) is 2.60. The van der Waals surface area contributed by atoms with E-state index in [2.05, 4.69) is 6.92 Å². The van der Waals surface area contributed by atoms with Crippen LogP contribution in [-0.2, 0) is 23.9 Å². The van der Waals surface area contributed by atoms with Crippen LogP contribution in [0.1, 0.15) is 71.6 Å². The Labute approximate surface area is 161 Å². The van der Waals surface area contributed by atoms with Crippen LogP contribution in [0.25, 0.3) is 0 Å². The van der Waals surface area contributed by atoms with Crippen molar-refractivity contribution in [3.63, 3.8) is 0 Å². The predicted molar refractivity (Wildman–Crippen MR) is 102 cm³/mol. The number of carboxylic acid groups (broad SMARTS) is 1. The van der Waals surface area contributed by atoms with Gasteiger partial charge in [-0.3, -0.25) is 14.4 Å². The quantitative estimate of drug-likeness (QED) is 0.381. The van der Waals surface area contributed by atoms with Gasteiger partial charge in [0.15, 0.2) is 0 Å². The molecule has 6 nitrogen and oxygen atoms in total. The summed E-state index contributed by atoms with van der Waals surface area (Å²) in [4.78, 5) is 36.7. The van der Waals surface area contributed by atoms with Crippen LogP contribution in [0.3, 0.4) is 0 Å². The van der Waals surface area contributed by atoms with Gasteiger partial charge in [0.2, 0.25) is 23.1 Å². The van der Waals surface area contributed by atoms with E-state index in [0.29, 0.717) is 6.42 Å². The van der Waals surface area contributed by atoms with Crippen LogP contribution in [-0.4, -0.2) is 36.9 Å². The summed E-state index contributed by atoms with van der Waals surface area (Å²) < 4.78 is 10.0. The zero-order chi connectivity index (χ0) is 20.4. The molecule has 1 rings (SSSR count). The molecule has 0 aromatic carbocycles. The Bertz CT molecular complexity index is 614. The Hall–Kier alpha value is -2.11. The molecule has 6 heteroatoms. The maximum atomic E-state index is 12.7. The molecule has 0 fully saturated rings. The largest absolute Gasteiger partial charge is 0.489 e. The molecule has 27 heavy (non-hydrogen) atoms. The van der Waals surface area contributed by atoms with E-state index < -0.39 is 23.5 Å². The van der Waals surface area contributed by atoms with E-state index in [1.807, 2.05) is 0 Å². The molecular formula is C21H32O6. The Balaban J connectivity index is 2.73. The fraction of sp³-hybridized carbons (Fsp3) is 0.667. The van der Waals surface area contributed by atoms with Crippen molar-refractivity contribution < 1.29 is 29.0 Å². The van der Waals surface area contributed by atoms with Crippen molar-refractivity contribution in [2.75, 3.05) is 14.2 Å². The molecule has 1 atom stereocenters. The highest BCUT2D eigenvalue weighted by Gasteiger charge is 2.36. The van der Waals surface area contributed by atoms with Crippen LogP contribution in [0, 0.1) is 5.92 Å². The molecule has 1 aliphatic carbocycles. The van der Waals surface area contributed by atoms with Crippen molar-refractivity contribution >= 4 is 17.5 Å². The minimum absolute atomic E-state index is 0.0332. The van der Waals surface area contributed by atoms with Crippen LogP contribution in [0.2, 0.25) is 0 Å². The van der Waals surface area contributed by atoms with Gasteiger partial charge in [0.25, 0.3) is 0 Å². The van der Waals surface area contributed by atoms with Crippen LogP contribution in [0.15, 0.2) is 22.7 Å². The Morgan fingerprint density at radius 2 is 1.44 bits per heavy atom. The van der Waals surface area contributed by atoms with Gasteiger partial charge in [0.1, 0.15) is 0 Å². The molecule has 0 spiro atoms. The van der Waals surface area contributed by atoms with Crippen LogP contribution in [0.4, 0.5) is 0 Å². The second-order valence-electron chi connectivity index (χ2n) is 6.98. The minimum Gasteiger partial charge on any atom is -0.489 e. The SMILES string of the molecule is CCCCCCCCCC(CC1=C(C)C(=O)C(OC)=C(OC)C1=O)C(=O)O. The highest BCUT2D eigenvalue weighted by molar-refractivity contribution is 6.23. The molecule has 0 aromatic heterocycles. The molecule has 0 aromatic rings. The molecule has 1 N–H and O–H groups in total. The average Bonchev–Trinajstić information content (AvgIpc) is 2.65. The highest BCUT2D eigenvalue weighted by atomic mass is 16.5. The second kappa shape index (κ2) is 11.6. The lowest BCUT2D eigenvalue weighted by atomic mass is 9.85. The summed E-state index contributed by atoms with van der Waals surface area (Å²) in [5, 5.41) is 9.55. The number of rotatable bonds is 13. The van der Waals surface area contributed by atoms with Gasteiger partial charge in [-0.1, -0.05) is 51.9 Å². The number of ether oxygens (including phenoxy) is 2. The lowest BCUT2D eigenvalue weighted by molar-refractivity contribution is -0.142. The molecule has 0 saturated heterocycles. The maximum absolute atomic E-state index is 12.7. The molecule has 0 amide bonds. The summed E-state index contributed by atoms with van der Waals surface area (Å²) in [6, 6.07) is 0. The topological polar surface area (TPSA) is 89.9 Å². The van der Waals surface area contributed by atoms with Gasteiger partial charge in [-0.25, -0.2) is 0 Å². The van der Waals surface area contributed by atoms with Gasteiger partial charge in [-0.05, 0) is 19.8 Å². The van der Waals surface area contributed by atoms with Crippen molar-refractivity contribution in [3.05, 3.63) is 22.7 Å². The number of hydrogen-bond acceptors (Lipinski definition) is 5. The van der Waals surface area contributed by atoms with Crippen LogP contribution >= 0.6 is 0 Å². The first-order valence-corrected chi connectivity index (χ1v) is 9.73. The zero-order valence-corrected chi connectivity index (χ0v) is 16.9. The number of allylic oxidation sites excluding steroid dienone is 2. The summed E-state index contributed by atoms with van der Waals surface area (Å²) in [6.07, 6.45) is 8.23. The number of hydrogen-bond donors (Lipinski definition) is 1. The first-order chi connectivity index (χ1) is 12.9. The van der Waals surface area contributed by atoms with Crippen molar-refractivity contribution in [1.29, 1.82) is 0 Å². The molecule has 0 radical (unpaired) electrons. The summed E-state index contributed by atoms with van der Waals surface area (Å²) >= 11 is 0. The van der Waals surface area contributed by atoms with E-state index in [1.54, 1.807) is 0 Å². The summed E-state index contributed by atoms with van der Waals surface area (Å²) in [5.41, 5.74) is 0.455. The van der Waals surface area contributed by atoms with E-state index >= 15 is 0 Å². The molecule has 0 heterocycles. The number of carbonyl (C=O) groups excluding carboxylic acids is 2. The van der Waals surface area contributed by atoms with Crippen LogP contribution < -0.4 is 0 Å². The van der Waals surface area contributed by atoms with Crippen molar-refractivity contribution in [1.82, 2.24) is 0 Å². The summed E-state index contributed by atoms with van der Waals surface area (Å²) in [5.74, 6) is -2.79. The van der Waals surface area contributed by atoms with Gasteiger partial charge in [-0.15, -0.1) is 0 Å². The van der Waals surface area contributed by atoms with E-state index in [-0.39, 0.29) is 29.1 Å². The Morgan fingerprint density at radius 1 is 0.926 bits per heavy atom. The molecular weight excluding hydrogens is 348 g/mol. The predicted octanol–water partition coefficient (Wildman–Crippen LogP) is 4.19. The third kappa shape index (κ3) is 6.22. The minimum atomic E-state index is -0.943. The van der Waals surface area contributed by atoms with E-state index in [1.165, 1.54) is 46.8 Å².